The maximum absolute atomic E-state index is 12.6. The number of benzene rings is 1. The summed E-state index contributed by atoms with van der Waals surface area (Å²) in [5.41, 5.74) is 2.18. The Bertz CT molecular complexity index is 716. The highest BCUT2D eigenvalue weighted by Gasteiger charge is 2.20. The summed E-state index contributed by atoms with van der Waals surface area (Å²) in [6, 6.07) is 5.29. The van der Waals surface area contributed by atoms with Gasteiger partial charge in [-0.05, 0) is 69.3 Å². The van der Waals surface area contributed by atoms with Crippen molar-refractivity contribution < 1.29 is 14.3 Å². The number of rotatable bonds is 5. The van der Waals surface area contributed by atoms with E-state index in [4.69, 9.17) is 9.47 Å². The lowest BCUT2D eigenvalue weighted by Crippen LogP contribution is -2.15. The van der Waals surface area contributed by atoms with E-state index in [-0.39, 0.29) is 12.0 Å². The minimum absolute atomic E-state index is 0.166. The Morgan fingerprint density at radius 3 is 2.62 bits per heavy atom. The molecule has 2 aromatic rings. The fourth-order valence-corrected chi connectivity index (χ4v) is 3.60. The number of carbonyl (C=O) groups excluding carboxylic acids is 1. The number of hydrogen-bond acceptors (Lipinski definition) is 5. The summed E-state index contributed by atoms with van der Waals surface area (Å²) in [5.74, 6) is 1.12. The van der Waals surface area contributed by atoms with Crippen LogP contribution in [-0.4, -0.2) is 23.5 Å². The van der Waals surface area contributed by atoms with Crippen molar-refractivity contribution >= 4 is 23.1 Å². The maximum atomic E-state index is 12.6. The first kappa shape index (κ1) is 16.8. The minimum Gasteiger partial charge on any atom is -0.493 e. The van der Waals surface area contributed by atoms with Crippen molar-refractivity contribution in [2.75, 3.05) is 12.4 Å². The number of ether oxygens (including phenoxy) is 2. The van der Waals surface area contributed by atoms with Crippen LogP contribution in [0.25, 0.3) is 0 Å². The van der Waals surface area contributed by atoms with Gasteiger partial charge in [0.15, 0.2) is 11.5 Å². The van der Waals surface area contributed by atoms with E-state index in [0.717, 1.165) is 29.1 Å². The summed E-state index contributed by atoms with van der Waals surface area (Å²) in [4.78, 5) is 13.6. The van der Waals surface area contributed by atoms with Crippen LogP contribution >= 0.6 is 11.5 Å². The van der Waals surface area contributed by atoms with Gasteiger partial charge in [0.1, 0.15) is 0 Å². The highest BCUT2D eigenvalue weighted by atomic mass is 32.1. The molecule has 1 N–H and O–H groups in total. The molecule has 24 heavy (non-hydrogen) atoms. The van der Waals surface area contributed by atoms with E-state index in [9.17, 15) is 4.79 Å². The molecule has 1 aliphatic rings. The maximum Gasteiger partial charge on any atom is 0.255 e. The van der Waals surface area contributed by atoms with Gasteiger partial charge in [-0.15, -0.1) is 0 Å². The second kappa shape index (κ2) is 7.21. The zero-order valence-corrected chi connectivity index (χ0v) is 15.0. The van der Waals surface area contributed by atoms with Gasteiger partial charge in [0.2, 0.25) is 0 Å². The van der Waals surface area contributed by atoms with Crippen LogP contribution in [0.4, 0.5) is 5.69 Å². The van der Waals surface area contributed by atoms with Crippen LogP contribution in [0.2, 0.25) is 0 Å². The highest BCUT2D eigenvalue weighted by molar-refractivity contribution is 7.06. The van der Waals surface area contributed by atoms with Crippen LogP contribution < -0.4 is 14.8 Å². The Hall–Kier alpha value is -2.08. The Morgan fingerprint density at radius 1 is 1.25 bits per heavy atom. The molecule has 1 saturated carbocycles. The molecule has 0 bridgehead atoms. The number of methoxy groups -OCH3 is 1. The van der Waals surface area contributed by atoms with Crippen molar-refractivity contribution in [1.29, 1.82) is 0 Å². The number of nitrogens with zero attached hydrogens (tertiary/aromatic N) is 1. The molecule has 3 rings (SSSR count). The summed E-state index contributed by atoms with van der Waals surface area (Å²) in [6.45, 7) is 3.84. The Labute approximate surface area is 146 Å². The molecule has 0 atom stereocenters. The van der Waals surface area contributed by atoms with Gasteiger partial charge >= 0.3 is 0 Å². The Balaban J connectivity index is 1.81. The highest BCUT2D eigenvalue weighted by Crippen LogP contribution is 2.33. The normalized spacial score (nSPS) is 14.6. The quantitative estimate of drug-likeness (QED) is 0.875. The molecule has 1 aromatic heterocycles. The zero-order chi connectivity index (χ0) is 17.1. The van der Waals surface area contributed by atoms with Crippen LogP contribution in [-0.2, 0) is 0 Å². The lowest BCUT2D eigenvalue weighted by Gasteiger charge is -2.16. The van der Waals surface area contributed by atoms with Crippen LogP contribution in [0.5, 0.6) is 11.5 Å². The van der Waals surface area contributed by atoms with E-state index in [1.54, 1.807) is 25.3 Å². The molecule has 0 aliphatic heterocycles. The molecule has 1 aliphatic carbocycles. The summed E-state index contributed by atoms with van der Waals surface area (Å²) in [6.07, 6.45) is 4.70. The first-order valence-electron chi connectivity index (χ1n) is 8.17. The van der Waals surface area contributed by atoms with Gasteiger partial charge in [-0.25, -0.2) is 0 Å². The van der Waals surface area contributed by atoms with Gasteiger partial charge in [0.05, 0.1) is 24.6 Å². The van der Waals surface area contributed by atoms with Crippen LogP contribution in [0, 0.1) is 13.8 Å². The molecule has 6 heteroatoms. The van der Waals surface area contributed by atoms with Crippen molar-refractivity contribution in [1.82, 2.24) is 4.37 Å². The fraction of sp³-hybridized carbons (Fsp3) is 0.444. The average Bonchev–Trinajstić information content (AvgIpc) is 3.20. The lowest BCUT2D eigenvalue weighted by atomic mass is 10.1. The second-order valence-corrected chi connectivity index (χ2v) is 7.02. The summed E-state index contributed by atoms with van der Waals surface area (Å²) < 4.78 is 15.7. The van der Waals surface area contributed by atoms with Gasteiger partial charge in [-0.2, -0.15) is 4.37 Å². The van der Waals surface area contributed by atoms with Gasteiger partial charge in [-0.3, -0.25) is 4.79 Å². The van der Waals surface area contributed by atoms with E-state index in [1.807, 2.05) is 13.8 Å². The number of aromatic nitrogens is 1. The molecule has 1 fully saturated rings. The van der Waals surface area contributed by atoms with Crippen LogP contribution in [0.1, 0.15) is 46.6 Å². The molecule has 0 spiro atoms. The SMILES string of the molecule is COc1ccc(C(=O)Nc2c(C)nsc2C)cc1OC1CCCC1. The molecule has 0 radical (unpaired) electrons. The summed E-state index contributed by atoms with van der Waals surface area (Å²) in [5, 5.41) is 2.95. The van der Waals surface area contributed by atoms with E-state index in [2.05, 4.69) is 9.69 Å². The molecule has 128 valence electrons. The number of amides is 1. The number of anilines is 1. The van der Waals surface area contributed by atoms with E-state index in [1.165, 1.54) is 24.4 Å². The van der Waals surface area contributed by atoms with E-state index in [0.29, 0.717) is 17.1 Å². The fourth-order valence-electron chi connectivity index (χ4n) is 2.94. The van der Waals surface area contributed by atoms with Crippen molar-refractivity contribution in [3.8, 4) is 11.5 Å². The Morgan fingerprint density at radius 2 is 2.00 bits per heavy atom. The van der Waals surface area contributed by atoms with E-state index < -0.39 is 0 Å². The number of nitrogens with one attached hydrogen (secondary N) is 1. The number of hydrogen-bond donors (Lipinski definition) is 1. The van der Waals surface area contributed by atoms with Crippen molar-refractivity contribution in [2.24, 2.45) is 0 Å². The smallest absolute Gasteiger partial charge is 0.255 e. The third kappa shape index (κ3) is 3.53. The van der Waals surface area contributed by atoms with Gasteiger partial charge in [0.25, 0.3) is 5.91 Å². The third-order valence-electron chi connectivity index (χ3n) is 4.29. The standard InChI is InChI=1S/C18H22N2O3S/c1-11-17(12(2)24-20-11)19-18(21)13-8-9-15(22-3)16(10-13)23-14-6-4-5-7-14/h8-10,14H,4-7H2,1-3H3,(H,19,21). The van der Waals surface area contributed by atoms with Gasteiger partial charge < -0.3 is 14.8 Å². The first-order valence-corrected chi connectivity index (χ1v) is 8.94. The molecular formula is C18H22N2O3S. The summed E-state index contributed by atoms with van der Waals surface area (Å²) in [7, 11) is 1.61. The predicted molar refractivity (Wildman–Crippen MR) is 95.4 cm³/mol. The zero-order valence-electron chi connectivity index (χ0n) is 14.2. The topological polar surface area (TPSA) is 60.5 Å². The molecule has 1 heterocycles. The molecule has 5 nitrogen and oxygen atoms in total. The molecule has 1 amide bonds. The molecule has 1 aromatic carbocycles. The number of carbonyl (C=O) groups is 1. The van der Waals surface area contributed by atoms with Gasteiger partial charge in [0, 0.05) is 10.4 Å². The molecule has 0 saturated heterocycles. The molecule has 0 unspecified atom stereocenters. The van der Waals surface area contributed by atoms with E-state index >= 15 is 0 Å². The lowest BCUT2D eigenvalue weighted by molar-refractivity contribution is 0.102. The van der Waals surface area contributed by atoms with Crippen LogP contribution in [0.3, 0.4) is 0 Å². The largest absolute Gasteiger partial charge is 0.493 e. The van der Waals surface area contributed by atoms with Crippen molar-refractivity contribution in [3.05, 3.63) is 34.3 Å². The molecular weight excluding hydrogens is 324 g/mol. The van der Waals surface area contributed by atoms with Crippen molar-refractivity contribution in [3.63, 3.8) is 0 Å². The first-order chi connectivity index (χ1) is 11.6. The number of aryl methyl sites for hydroxylation is 2. The average molecular weight is 346 g/mol. The minimum atomic E-state index is -0.166. The predicted octanol–water partition coefficient (Wildman–Crippen LogP) is 4.34. The third-order valence-corrected chi connectivity index (χ3v) is 5.14. The second-order valence-electron chi connectivity index (χ2n) is 6.04. The van der Waals surface area contributed by atoms with Crippen molar-refractivity contribution in [2.45, 2.75) is 45.6 Å². The monoisotopic (exact) mass is 346 g/mol. The Kier molecular flexibility index (Phi) is 5.04. The summed E-state index contributed by atoms with van der Waals surface area (Å²) >= 11 is 1.39. The van der Waals surface area contributed by atoms with Gasteiger partial charge in [-0.1, -0.05) is 0 Å². The van der Waals surface area contributed by atoms with Crippen LogP contribution in [0.15, 0.2) is 18.2 Å².